The first-order valence-corrected chi connectivity index (χ1v) is 8.11. The number of benzene rings is 2. The SMILES string of the molecule is CC(=O)c1ccc(NC(=O)CC(=O)Nc2ccc(Br)c(C)c2)cc1. The van der Waals surface area contributed by atoms with Gasteiger partial charge in [-0.1, -0.05) is 15.9 Å². The van der Waals surface area contributed by atoms with Crippen LogP contribution < -0.4 is 10.6 Å². The fourth-order valence-electron chi connectivity index (χ4n) is 2.07. The van der Waals surface area contributed by atoms with Crippen molar-refractivity contribution in [1.29, 1.82) is 0 Å². The van der Waals surface area contributed by atoms with Crippen molar-refractivity contribution in [2.75, 3.05) is 10.6 Å². The Bertz CT molecular complexity index is 785. The van der Waals surface area contributed by atoms with Crippen molar-refractivity contribution in [3.63, 3.8) is 0 Å². The third-order valence-electron chi connectivity index (χ3n) is 3.34. The second-order valence-electron chi connectivity index (χ2n) is 5.37. The van der Waals surface area contributed by atoms with Gasteiger partial charge in [-0.3, -0.25) is 14.4 Å². The minimum atomic E-state index is -0.420. The smallest absolute Gasteiger partial charge is 0.233 e. The standard InChI is InChI=1S/C18H17BrN2O3/c1-11-9-15(7-8-16(11)19)21-18(24)10-17(23)20-14-5-3-13(4-6-14)12(2)22/h3-9H,10H2,1-2H3,(H,20,23)(H,21,24). The van der Waals surface area contributed by atoms with Crippen LogP contribution in [0.25, 0.3) is 0 Å². The average molecular weight is 389 g/mol. The number of nitrogens with one attached hydrogen (secondary N) is 2. The molecule has 2 rings (SSSR count). The fraction of sp³-hybridized carbons (Fsp3) is 0.167. The predicted molar refractivity (Wildman–Crippen MR) is 97.2 cm³/mol. The average Bonchev–Trinajstić information content (AvgIpc) is 2.51. The van der Waals surface area contributed by atoms with Gasteiger partial charge >= 0.3 is 0 Å². The maximum absolute atomic E-state index is 11.9. The van der Waals surface area contributed by atoms with Crippen LogP contribution in [-0.4, -0.2) is 17.6 Å². The summed E-state index contributed by atoms with van der Waals surface area (Å²) in [6.45, 7) is 3.39. The highest BCUT2D eigenvalue weighted by Crippen LogP contribution is 2.20. The number of halogens is 1. The van der Waals surface area contributed by atoms with Gasteiger partial charge in [-0.15, -0.1) is 0 Å². The molecule has 0 fully saturated rings. The molecule has 0 spiro atoms. The molecule has 124 valence electrons. The van der Waals surface area contributed by atoms with Gasteiger partial charge in [0.15, 0.2) is 5.78 Å². The van der Waals surface area contributed by atoms with Crippen LogP contribution in [0.2, 0.25) is 0 Å². The van der Waals surface area contributed by atoms with Crippen LogP contribution in [0.15, 0.2) is 46.9 Å². The van der Waals surface area contributed by atoms with E-state index in [0.717, 1.165) is 10.0 Å². The quantitative estimate of drug-likeness (QED) is 0.601. The molecule has 5 nitrogen and oxygen atoms in total. The van der Waals surface area contributed by atoms with Crippen molar-refractivity contribution in [2.45, 2.75) is 20.3 Å². The third-order valence-corrected chi connectivity index (χ3v) is 4.23. The highest BCUT2D eigenvalue weighted by atomic mass is 79.9. The number of carbonyl (C=O) groups excluding carboxylic acids is 3. The van der Waals surface area contributed by atoms with E-state index in [1.165, 1.54) is 6.92 Å². The second kappa shape index (κ2) is 7.88. The molecular formula is C18H17BrN2O3. The molecule has 2 amide bonds. The molecule has 0 aliphatic rings. The van der Waals surface area contributed by atoms with E-state index < -0.39 is 11.8 Å². The molecule has 0 aliphatic heterocycles. The van der Waals surface area contributed by atoms with Gasteiger partial charge in [0.05, 0.1) is 0 Å². The Morgan fingerprint density at radius 1 is 0.917 bits per heavy atom. The molecule has 24 heavy (non-hydrogen) atoms. The van der Waals surface area contributed by atoms with Crippen LogP contribution in [0.5, 0.6) is 0 Å². The Balaban J connectivity index is 1.90. The summed E-state index contributed by atoms with van der Waals surface area (Å²) in [5, 5.41) is 5.31. The topological polar surface area (TPSA) is 75.3 Å². The van der Waals surface area contributed by atoms with Crippen molar-refractivity contribution < 1.29 is 14.4 Å². The highest BCUT2D eigenvalue weighted by molar-refractivity contribution is 9.10. The number of anilines is 2. The van der Waals surface area contributed by atoms with E-state index in [-0.39, 0.29) is 12.2 Å². The van der Waals surface area contributed by atoms with Crippen LogP contribution in [0.4, 0.5) is 11.4 Å². The zero-order valence-corrected chi connectivity index (χ0v) is 14.9. The normalized spacial score (nSPS) is 10.1. The van der Waals surface area contributed by atoms with Gasteiger partial charge in [0.25, 0.3) is 0 Å². The summed E-state index contributed by atoms with van der Waals surface area (Å²) in [6.07, 6.45) is -0.288. The van der Waals surface area contributed by atoms with E-state index in [1.54, 1.807) is 30.3 Å². The molecule has 2 N–H and O–H groups in total. The Morgan fingerprint density at radius 3 is 2.00 bits per heavy atom. The molecule has 0 unspecified atom stereocenters. The molecule has 0 aromatic heterocycles. The maximum Gasteiger partial charge on any atom is 0.233 e. The molecule has 0 aliphatic carbocycles. The number of ketones is 1. The summed E-state index contributed by atoms with van der Waals surface area (Å²) in [7, 11) is 0. The summed E-state index contributed by atoms with van der Waals surface area (Å²) in [5.74, 6) is -0.858. The molecule has 6 heteroatoms. The van der Waals surface area contributed by atoms with Gasteiger partial charge in [0.1, 0.15) is 6.42 Å². The van der Waals surface area contributed by atoms with Gasteiger partial charge in [-0.05, 0) is 61.9 Å². The minimum Gasteiger partial charge on any atom is -0.326 e. The molecule has 0 saturated carbocycles. The minimum absolute atomic E-state index is 0.0444. The first kappa shape index (κ1) is 17.9. The Hall–Kier alpha value is -2.47. The predicted octanol–water partition coefficient (Wildman–Crippen LogP) is 3.93. The van der Waals surface area contributed by atoms with Crippen LogP contribution in [-0.2, 0) is 9.59 Å². The van der Waals surface area contributed by atoms with E-state index in [4.69, 9.17) is 0 Å². The number of aryl methyl sites for hydroxylation is 1. The first-order valence-electron chi connectivity index (χ1n) is 7.32. The molecule has 0 saturated heterocycles. The number of Topliss-reactive ketones (excluding diaryl/α,β-unsaturated/α-hetero) is 1. The lowest BCUT2D eigenvalue weighted by atomic mass is 10.1. The van der Waals surface area contributed by atoms with Crippen molar-refractivity contribution in [3.8, 4) is 0 Å². The fourth-order valence-corrected chi connectivity index (χ4v) is 2.31. The monoisotopic (exact) mass is 388 g/mol. The largest absolute Gasteiger partial charge is 0.326 e. The van der Waals surface area contributed by atoms with E-state index in [9.17, 15) is 14.4 Å². The number of carbonyl (C=O) groups is 3. The molecule has 0 bridgehead atoms. The summed E-state index contributed by atoms with van der Waals surface area (Å²) in [5.41, 5.74) is 2.73. The zero-order valence-electron chi connectivity index (χ0n) is 13.4. The molecule has 2 aromatic carbocycles. The van der Waals surface area contributed by atoms with E-state index >= 15 is 0 Å². The van der Waals surface area contributed by atoms with E-state index in [0.29, 0.717) is 16.9 Å². The van der Waals surface area contributed by atoms with E-state index in [1.807, 2.05) is 19.1 Å². The van der Waals surface area contributed by atoms with Gasteiger partial charge in [-0.2, -0.15) is 0 Å². The maximum atomic E-state index is 11.9. The number of rotatable bonds is 5. The lowest BCUT2D eigenvalue weighted by Crippen LogP contribution is -2.21. The Labute approximate surface area is 148 Å². The third kappa shape index (κ3) is 5.03. The molecule has 0 heterocycles. The molecule has 2 aromatic rings. The first-order chi connectivity index (χ1) is 11.3. The number of hydrogen-bond acceptors (Lipinski definition) is 3. The van der Waals surface area contributed by atoms with Crippen molar-refractivity contribution in [2.24, 2.45) is 0 Å². The lowest BCUT2D eigenvalue weighted by Gasteiger charge is -2.08. The zero-order chi connectivity index (χ0) is 17.7. The Kier molecular flexibility index (Phi) is 5.87. The van der Waals surface area contributed by atoms with Crippen molar-refractivity contribution in [1.82, 2.24) is 0 Å². The summed E-state index contributed by atoms with van der Waals surface area (Å²) >= 11 is 3.39. The second-order valence-corrected chi connectivity index (χ2v) is 6.22. The van der Waals surface area contributed by atoms with Crippen molar-refractivity contribution in [3.05, 3.63) is 58.1 Å². The summed E-state index contributed by atoms with van der Waals surface area (Å²) < 4.78 is 0.951. The molecule has 0 radical (unpaired) electrons. The number of hydrogen-bond donors (Lipinski definition) is 2. The lowest BCUT2D eigenvalue weighted by molar-refractivity contribution is -0.123. The van der Waals surface area contributed by atoms with Crippen LogP contribution in [0.3, 0.4) is 0 Å². The molecule has 0 atom stereocenters. The Morgan fingerprint density at radius 2 is 1.46 bits per heavy atom. The number of amides is 2. The van der Waals surface area contributed by atoms with Crippen LogP contribution in [0, 0.1) is 6.92 Å². The van der Waals surface area contributed by atoms with Gasteiger partial charge in [-0.25, -0.2) is 0 Å². The van der Waals surface area contributed by atoms with Crippen molar-refractivity contribution >= 4 is 44.9 Å². The summed E-state index contributed by atoms with van der Waals surface area (Å²) in [6, 6.07) is 11.9. The van der Waals surface area contributed by atoms with Crippen LogP contribution in [0.1, 0.15) is 29.3 Å². The van der Waals surface area contributed by atoms with E-state index in [2.05, 4.69) is 26.6 Å². The van der Waals surface area contributed by atoms with Gasteiger partial charge in [0.2, 0.25) is 11.8 Å². The highest BCUT2D eigenvalue weighted by Gasteiger charge is 2.11. The molecular weight excluding hydrogens is 372 g/mol. The van der Waals surface area contributed by atoms with Gasteiger partial charge < -0.3 is 10.6 Å². The summed E-state index contributed by atoms with van der Waals surface area (Å²) in [4.78, 5) is 35.0. The van der Waals surface area contributed by atoms with Gasteiger partial charge in [0, 0.05) is 21.4 Å². The van der Waals surface area contributed by atoms with Crippen LogP contribution >= 0.6 is 15.9 Å².